The molecule has 0 heterocycles. The molecule has 3 heteroatoms. The van der Waals surface area contributed by atoms with Crippen molar-refractivity contribution >= 4 is 17.3 Å². The molecule has 0 bridgehead atoms. The Hall–Kier alpha value is -0.730. The third kappa shape index (κ3) is 4.12. The highest BCUT2D eigenvalue weighted by atomic mass is 35.5. The largest absolute Gasteiger partial charge is 0.369 e. The van der Waals surface area contributed by atoms with Crippen molar-refractivity contribution in [3.8, 4) is 0 Å². The van der Waals surface area contributed by atoms with E-state index in [9.17, 15) is 0 Å². The molecule has 19 heavy (non-hydrogen) atoms. The van der Waals surface area contributed by atoms with Crippen molar-refractivity contribution < 1.29 is 0 Å². The monoisotopic (exact) mass is 280 g/mol. The highest BCUT2D eigenvalue weighted by Gasteiger charge is 2.28. The van der Waals surface area contributed by atoms with E-state index >= 15 is 0 Å². The lowest BCUT2D eigenvalue weighted by molar-refractivity contribution is 0.552. The van der Waals surface area contributed by atoms with Crippen molar-refractivity contribution in [3.05, 3.63) is 28.8 Å². The molecule has 1 aliphatic carbocycles. The van der Waals surface area contributed by atoms with Crippen LogP contribution in [0.5, 0.6) is 0 Å². The Bertz CT molecular complexity index is 413. The van der Waals surface area contributed by atoms with Gasteiger partial charge in [0, 0.05) is 29.8 Å². The van der Waals surface area contributed by atoms with Gasteiger partial charge in [-0.25, -0.2) is 0 Å². The third-order valence-corrected chi connectivity index (χ3v) is 3.92. The van der Waals surface area contributed by atoms with E-state index in [1.165, 1.54) is 24.1 Å². The fourth-order valence-corrected chi connectivity index (χ4v) is 2.63. The molecular formula is C16H25ClN2. The molecule has 2 nitrogen and oxygen atoms in total. The molecule has 2 rings (SSSR count). The molecule has 1 N–H and O–H groups in total. The molecule has 106 valence electrons. The van der Waals surface area contributed by atoms with E-state index in [1.807, 2.05) is 0 Å². The summed E-state index contributed by atoms with van der Waals surface area (Å²) in [4.78, 5) is 2.46. The zero-order chi connectivity index (χ0) is 13.8. The van der Waals surface area contributed by atoms with E-state index in [0.29, 0.717) is 5.92 Å². The number of anilines is 1. The average molecular weight is 281 g/mol. The van der Waals surface area contributed by atoms with E-state index in [2.05, 4.69) is 49.2 Å². The molecule has 1 aromatic rings. The number of halogens is 1. The molecule has 0 spiro atoms. The summed E-state index contributed by atoms with van der Waals surface area (Å²) in [6.07, 6.45) is 2.65. The Morgan fingerprint density at radius 3 is 2.63 bits per heavy atom. The summed E-state index contributed by atoms with van der Waals surface area (Å²) in [7, 11) is 0. The van der Waals surface area contributed by atoms with Gasteiger partial charge in [-0.05, 0) is 49.9 Å². The summed E-state index contributed by atoms with van der Waals surface area (Å²) >= 11 is 6.40. The van der Waals surface area contributed by atoms with Crippen molar-refractivity contribution in [2.75, 3.05) is 18.0 Å². The van der Waals surface area contributed by atoms with Gasteiger partial charge < -0.3 is 10.2 Å². The van der Waals surface area contributed by atoms with E-state index < -0.39 is 0 Å². The first kappa shape index (κ1) is 14.7. The maximum absolute atomic E-state index is 6.40. The smallest absolute Gasteiger partial charge is 0.0471 e. The minimum absolute atomic E-state index is 0.670. The van der Waals surface area contributed by atoms with Crippen LogP contribution < -0.4 is 10.2 Å². The van der Waals surface area contributed by atoms with Crippen LogP contribution in [0.25, 0.3) is 0 Å². The van der Waals surface area contributed by atoms with Crippen LogP contribution in [-0.2, 0) is 6.54 Å². The molecule has 1 aromatic carbocycles. The molecule has 0 saturated heterocycles. The molecule has 0 aromatic heterocycles. The van der Waals surface area contributed by atoms with Crippen molar-refractivity contribution in [1.29, 1.82) is 0 Å². The Balaban J connectivity index is 1.99. The Morgan fingerprint density at radius 1 is 1.37 bits per heavy atom. The van der Waals surface area contributed by atoms with Gasteiger partial charge in [-0.2, -0.15) is 0 Å². The van der Waals surface area contributed by atoms with Gasteiger partial charge in [0.2, 0.25) is 0 Å². The van der Waals surface area contributed by atoms with Crippen LogP contribution in [0.15, 0.2) is 18.2 Å². The molecule has 1 saturated carbocycles. The minimum atomic E-state index is 0.670. The fraction of sp³-hybridized carbons (Fsp3) is 0.625. The van der Waals surface area contributed by atoms with Crippen molar-refractivity contribution in [1.82, 2.24) is 5.32 Å². The number of hydrogen-bond acceptors (Lipinski definition) is 2. The number of hydrogen-bond donors (Lipinski definition) is 1. The molecular weight excluding hydrogens is 256 g/mol. The van der Waals surface area contributed by atoms with Gasteiger partial charge in [-0.1, -0.05) is 31.5 Å². The fourth-order valence-electron chi connectivity index (χ4n) is 2.39. The van der Waals surface area contributed by atoms with Crippen LogP contribution in [0.1, 0.15) is 39.2 Å². The predicted octanol–water partition coefficient (Wildman–Crippen LogP) is 4.07. The molecule has 0 aliphatic heterocycles. The minimum Gasteiger partial charge on any atom is -0.369 e. The van der Waals surface area contributed by atoms with E-state index in [4.69, 9.17) is 11.6 Å². The van der Waals surface area contributed by atoms with Gasteiger partial charge in [0.05, 0.1) is 0 Å². The molecule has 0 amide bonds. The lowest BCUT2D eigenvalue weighted by atomic mass is 10.1. The van der Waals surface area contributed by atoms with E-state index in [1.54, 1.807) is 0 Å². The first-order valence-corrected chi connectivity index (χ1v) is 7.75. The summed E-state index contributed by atoms with van der Waals surface area (Å²) in [6, 6.07) is 7.23. The summed E-state index contributed by atoms with van der Waals surface area (Å²) in [5, 5.41) is 4.32. The average Bonchev–Trinajstić information content (AvgIpc) is 3.17. The second-order valence-corrected chi connectivity index (χ2v) is 6.22. The molecule has 1 aliphatic rings. The van der Waals surface area contributed by atoms with Gasteiger partial charge in [-0.15, -0.1) is 0 Å². The molecule has 0 atom stereocenters. The summed E-state index contributed by atoms with van der Waals surface area (Å²) in [5.74, 6) is 0.670. The predicted molar refractivity (Wildman–Crippen MR) is 84.0 cm³/mol. The van der Waals surface area contributed by atoms with Crippen LogP contribution in [0.2, 0.25) is 5.02 Å². The Morgan fingerprint density at radius 2 is 2.11 bits per heavy atom. The summed E-state index contributed by atoms with van der Waals surface area (Å²) in [6.45, 7) is 9.59. The topological polar surface area (TPSA) is 15.3 Å². The first-order chi connectivity index (χ1) is 9.11. The van der Waals surface area contributed by atoms with Crippen molar-refractivity contribution in [2.45, 2.75) is 46.2 Å². The summed E-state index contributed by atoms with van der Waals surface area (Å²) < 4.78 is 0. The third-order valence-electron chi connectivity index (χ3n) is 3.56. The SMILES string of the molecule is CCN(c1ccc(CNCC(C)C)c(Cl)c1)C1CC1. The number of benzene rings is 1. The zero-order valence-electron chi connectivity index (χ0n) is 12.2. The summed E-state index contributed by atoms with van der Waals surface area (Å²) in [5.41, 5.74) is 2.46. The maximum Gasteiger partial charge on any atom is 0.0471 e. The van der Waals surface area contributed by atoms with Crippen LogP contribution >= 0.6 is 11.6 Å². The van der Waals surface area contributed by atoms with Gasteiger partial charge >= 0.3 is 0 Å². The number of nitrogens with zero attached hydrogens (tertiary/aromatic N) is 1. The highest BCUT2D eigenvalue weighted by molar-refractivity contribution is 6.31. The second kappa shape index (κ2) is 6.62. The molecule has 1 fully saturated rings. The van der Waals surface area contributed by atoms with Crippen LogP contribution in [-0.4, -0.2) is 19.1 Å². The normalized spacial score (nSPS) is 15.0. The van der Waals surface area contributed by atoms with E-state index in [0.717, 1.165) is 30.7 Å². The van der Waals surface area contributed by atoms with Crippen LogP contribution in [0.3, 0.4) is 0 Å². The molecule has 0 unspecified atom stereocenters. The number of nitrogens with one attached hydrogen (secondary N) is 1. The quantitative estimate of drug-likeness (QED) is 0.810. The Labute approximate surface area is 122 Å². The van der Waals surface area contributed by atoms with Crippen molar-refractivity contribution in [3.63, 3.8) is 0 Å². The van der Waals surface area contributed by atoms with Gasteiger partial charge in [0.15, 0.2) is 0 Å². The Kier molecular flexibility index (Phi) is 5.12. The lowest BCUT2D eigenvalue weighted by Gasteiger charge is -2.23. The van der Waals surface area contributed by atoms with Gasteiger partial charge in [-0.3, -0.25) is 0 Å². The van der Waals surface area contributed by atoms with Crippen LogP contribution in [0.4, 0.5) is 5.69 Å². The standard InChI is InChI=1S/C16H25ClN2/c1-4-19(14-7-8-14)15-6-5-13(16(17)9-15)11-18-10-12(2)3/h5-6,9,12,14,18H,4,7-8,10-11H2,1-3H3. The highest BCUT2D eigenvalue weighted by Crippen LogP contribution is 2.33. The zero-order valence-corrected chi connectivity index (χ0v) is 13.0. The maximum atomic E-state index is 6.40. The van der Waals surface area contributed by atoms with Crippen LogP contribution in [0, 0.1) is 5.92 Å². The molecule has 0 radical (unpaired) electrons. The van der Waals surface area contributed by atoms with Gasteiger partial charge in [0.25, 0.3) is 0 Å². The van der Waals surface area contributed by atoms with Crippen molar-refractivity contribution in [2.24, 2.45) is 5.92 Å². The first-order valence-electron chi connectivity index (χ1n) is 7.37. The van der Waals surface area contributed by atoms with Gasteiger partial charge in [0.1, 0.15) is 0 Å². The number of rotatable bonds is 7. The second-order valence-electron chi connectivity index (χ2n) is 5.82. The van der Waals surface area contributed by atoms with E-state index in [-0.39, 0.29) is 0 Å². The lowest BCUT2D eigenvalue weighted by Crippen LogP contribution is -2.25.